The van der Waals surface area contributed by atoms with Crippen molar-refractivity contribution in [3.63, 3.8) is 0 Å². The van der Waals surface area contributed by atoms with Gasteiger partial charge in [-0.3, -0.25) is 14.5 Å². The van der Waals surface area contributed by atoms with Crippen LogP contribution in [0.2, 0.25) is 0 Å². The molecule has 1 aromatic carbocycles. The minimum atomic E-state index is -0.535. The number of thiophene rings is 1. The van der Waals surface area contributed by atoms with E-state index in [0.29, 0.717) is 25.3 Å². The molecule has 0 aliphatic carbocycles. The highest BCUT2D eigenvalue weighted by atomic mass is 32.1. The molecule has 30 heavy (non-hydrogen) atoms. The normalized spacial score (nSPS) is 15.8. The van der Waals surface area contributed by atoms with E-state index in [9.17, 15) is 9.59 Å². The van der Waals surface area contributed by atoms with Crippen LogP contribution >= 0.6 is 11.3 Å². The third-order valence-electron chi connectivity index (χ3n) is 5.32. The number of hydrogen-bond acceptors (Lipinski definition) is 5. The Morgan fingerprint density at radius 2 is 1.80 bits per heavy atom. The van der Waals surface area contributed by atoms with Gasteiger partial charge in [0.2, 0.25) is 5.91 Å². The van der Waals surface area contributed by atoms with Gasteiger partial charge in [-0.25, -0.2) is 0 Å². The molecule has 6 nitrogen and oxygen atoms in total. The lowest BCUT2D eigenvalue weighted by Crippen LogP contribution is -2.56. The van der Waals surface area contributed by atoms with Crippen molar-refractivity contribution in [1.82, 2.24) is 15.1 Å². The monoisotopic (exact) mass is 429 g/mol. The summed E-state index contributed by atoms with van der Waals surface area (Å²) in [6.45, 7) is 10.4. The van der Waals surface area contributed by atoms with Crippen LogP contribution in [0.5, 0.6) is 5.75 Å². The standard InChI is InChI=1S/C23H31N3O3S/c1-4-29-20-7-5-19(6-8-20)22(27)24-21(17(2)3)23(28)26-12-10-25(11-13-26)15-18-9-14-30-16-18/h5-9,14,16-17,21H,4,10-13,15H2,1-3H3,(H,24,27). The average molecular weight is 430 g/mol. The summed E-state index contributed by atoms with van der Waals surface area (Å²) in [5.74, 6) is 0.500. The molecular weight excluding hydrogens is 398 g/mol. The van der Waals surface area contributed by atoms with E-state index < -0.39 is 6.04 Å². The highest BCUT2D eigenvalue weighted by Gasteiger charge is 2.31. The number of nitrogens with one attached hydrogen (secondary N) is 1. The van der Waals surface area contributed by atoms with Gasteiger partial charge >= 0.3 is 0 Å². The van der Waals surface area contributed by atoms with Gasteiger partial charge in [0.15, 0.2) is 0 Å². The van der Waals surface area contributed by atoms with Crippen molar-refractivity contribution >= 4 is 23.2 Å². The first-order chi connectivity index (χ1) is 14.5. The molecule has 0 saturated carbocycles. The number of hydrogen-bond donors (Lipinski definition) is 1. The van der Waals surface area contributed by atoms with Crippen molar-refractivity contribution in [1.29, 1.82) is 0 Å². The molecule has 1 aliphatic heterocycles. The van der Waals surface area contributed by atoms with Crippen LogP contribution in [0.3, 0.4) is 0 Å². The molecule has 2 amide bonds. The predicted octanol–water partition coefficient (Wildman–Crippen LogP) is 3.25. The topological polar surface area (TPSA) is 61.9 Å². The summed E-state index contributed by atoms with van der Waals surface area (Å²) < 4.78 is 5.42. The zero-order valence-corrected chi connectivity index (χ0v) is 18.8. The Hall–Kier alpha value is -2.38. The van der Waals surface area contributed by atoms with Gasteiger partial charge in [0.1, 0.15) is 11.8 Å². The summed E-state index contributed by atoms with van der Waals surface area (Å²) in [5.41, 5.74) is 1.85. The molecule has 1 N–H and O–H groups in total. The second kappa shape index (κ2) is 10.6. The Labute approximate surface area is 182 Å². The first-order valence-corrected chi connectivity index (χ1v) is 11.5. The fourth-order valence-electron chi connectivity index (χ4n) is 3.57. The van der Waals surface area contributed by atoms with Crippen LogP contribution in [0, 0.1) is 5.92 Å². The van der Waals surface area contributed by atoms with Gasteiger partial charge in [-0.2, -0.15) is 11.3 Å². The van der Waals surface area contributed by atoms with E-state index in [1.807, 2.05) is 25.7 Å². The molecule has 1 saturated heterocycles. The average Bonchev–Trinajstić information content (AvgIpc) is 3.25. The van der Waals surface area contributed by atoms with Gasteiger partial charge in [-0.1, -0.05) is 13.8 Å². The smallest absolute Gasteiger partial charge is 0.251 e. The van der Waals surface area contributed by atoms with Gasteiger partial charge in [-0.15, -0.1) is 0 Å². The maximum atomic E-state index is 13.1. The van der Waals surface area contributed by atoms with Crippen LogP contribution in [0.4, 0.5) is 0 Å². The predicted molar refractivity (Wildman–Crippen MR) is 120 cm³/mol. The molecule has 1 aromatic heterocycles. The van der Waals surface area contributed by atoms with Gasteiger partial charge in [0.25, 0.3) is 5.91 Å². The second-order valence-corrected chi connectivity index (χ2v) is 8.67. The molecule has 162 valence electrons. The van der Waals surface area contributed by atoms with Gasteiger partial charge in [0.05, 0.1) is 6.61 Å². The molecule has 1 unspecified atom stereocenters. The van der Waals surface area contributed by atoms with Crippen LogP contribution in [0.25, 0.3) is 0 Å². The summed E-state index contributed by atoms with van der Waals surface area (Å²) in [6, 6.07) is 8.62. The number of ether oxygens (including phenoxy) is 1. The third-order valence-corrected chi connectivity index (χ3v) is 6.05. The van der Waals surface area contributed by atoms with Crippen molar-refractivity contribution in [3.05, 3.63) is 52.2 Å². The van der Waals surface area contributed by atoms with Crippen LogP contribution in [-0.4, -0.2) is 60.4 Å². The molecule has 3 rings (SSSR count). The van der Waals surface area contributed by atoms with Crippen LogP contribution in [0.1, 0.15) is 36.7 Å². The lowest BCUT2D eigenvalue weighted by Gasteiger charge is -2.37. The minimum Gasteiger partial charge on any atom is -0.494 e. The van der Waals surface area contributed by atoms with Gasteiger partial charge < -0.3 is 15.0 Å². The SMILES string of the molecule is CCOc1ccc(C(=O)NC(C(=O)N2CCN(Cc3ccsc3)CC2)C(C)C)cc1. The number of nitrogens with zero attached hydrogens (tertiary/aromatic N) is 2. The van der Waals surface area contributed by atoms with Crippen molar-refractivity contribution < 1.29 is 14.3 Å². The molecule has 1 fully saturated rings. The minimum absolute atomic E-state index is 0.000491. The largest absolute Gasteiger partial charge is 0.494 e. The van der Waals surface area contributed by atoms with Crippen molar-refractivity contribution in [2.24, 2.45) is 5.92 Å². The Morgan fingerprint density at radius 1 is 1.10 bits per heavy atom. The van der Waals surface area contributed by atoms with E-state index in [2.05, 4.69) is 27.0 Å². The van der Waals surface area contributed by atoms with E-state index in [1.54, 1.807) is 35.6 Å². The highest BCUT2D eigenvalue weighted by Crippen LogP contribution is 2.16. The number of benzene rings is 1. The Morgan fingerprint density at radius 3 is 2.37 bits per heavy atom. The third kappa shape index (κ3) is 5.83. The molecule has 0 spiro atoms. The number of carbonyl (C=O) groups is 2. The molecule has 0 radical (unpaired) electrons. The van der Waals surface area contributed by atoms with Gasteiger partial charge in [-0.05, 0) is 59.5 Å². The number of rotatable bonds is 8. The summed E-state index contributed by atoms with van der Waals surface area (Å²) >= 11 is 1.71. The number of carbonyl (C=O) groups excluding carboxylic acids is 2. The number of piperazine rings is 1. The van der Waals surface area contributed by atoms with Crippen molar-refractivity contribution in [3.8, 4) is 5.75 Å². The van der Waals surface area contributed by atoms with Crippen molar-refractivity contribution in [2.45, 2.75) is 33.4 Å². The molecule has 7 heteroatoms. The molecule has 1 atom stereocenters. The highest BCUT2D eigenvalue weighted by molar-refractivity contribution is 7.07. The van der Waals surface area contributed by atoms with Gasteiger partial charge in [0, 0.05) is 38.3 Å². The maximum absolute atomic E-state index is 13.1. The van der Waals surface area contributed by atoms with Crippen LogP contribution < -0.4 is 10.1 Å². The summed E-state index contributed by atoms with van der Waals surface area (Å²) in [6.07, 6.45) is 0. The van der Waals surface area contributed by atoms with E-state index in [1.165, 1.54) is 5.56 Å². The Bertz CT molecular complexity index is 813. The van der Waals surface area contributed by atoms with Crippen LogP contribution in [0.15, 0.2) is 41.1 Å². The fourth-order valence-corrected chi connectivity index (χ4v) is 4.23. The quantitative estimate of drug-likeness (QED) is 0.700. The van der Waals surface area contributed by atoms with Crippen LogP contribution in [-0.2, 0) is 11.3 Å². The fraction of sp³-hybridized carbons (Fsp3) is 0.478. The summed E-state index contributed by atoms with van der Waals surface area (Å²) in [5, 5.41) is 7.21. The molecule has 1 aliphatic rings. The lowest BCUT2D eigenvalue weighted by atomic mass is 10.0. The van der Waals surface area contributed by atoms with E-state index in [0.717, 1.165) is 25.4 Å². The van der Waals surface area contributed by atoms with E-state index >= 15 is 0 Å². The first-order valence-electron chi connectivity index (χ1n) is 10.5. The first kappa shape index (κ1) is 22.3. The molecule has 0 bridgehead atoms. The zero-order valence-electron chi connectivity index (χ0n) is 18.0. The summed E-state index contributed by atoms with van der Waals surface area (Å²) in [4.78, 5) is 30.1. The Kier molecular flexibility index (Phi) is 7.87. The van der Waals surface area contributed by atoms with Crippen molar-refractivity contribution in [2.75, 3.05) is 32.8 Å². The second-order valence-electron chi connectivity index (χ2n) is 7.89. The summed E-state index contributed by atoms with van der Waals surface area (Å²) in [7, 11) is 0. The number of amides is 2. The zero-order chi connectivity index (χ0) is 21.5. The molecule has 2 aromatic rings. The maximum Gasteiger partial charge on any atom is 0.251 e. The molecular formula is C23H31N3O3S. The lowest BCUT2D eigenvalue weighted by molar-refractivity contribution is -0.136. The van der Waals surface area contributed by atoms with E-state index in [-0.39, 0.29) is 17.7 Å². The van der Waals surface area contributed by atoms with E-state index in [4.69, 9.17) is 4.74 Å². The molecule has 2 heterocycles. The Balaban J connectivity index is 1.56.